The molecule has 1 aliphatic rings. The number of hydrogen-bond acceptors (Lipinski definition) is 3. The van der Waals surface area contributed by atoms with Gasteiger partial charge in [0, 0.05) is 55.0 Å². The van der Waals surface area contributed by atoms with Gasteiger partial charge in [-0.05, 0) is 35.5 Å². The number of nitrogens with zero attached hydrogens (tertiary/aromatic N) is 4. The highest BCUT2D eigenvalue weighted by molar-refractivity contribution is 7.80. The lowest BCUT2D eigenvalue weighted by atomic mass is 10.2. The summed E-state index contributed by atoms with van der Waals surface area (Å²) in [5, 5.41) is 10.1. The van der Waals surface area contributed by atoms with E-state index in [0.29, 0.717) is 11.7 Å². The van der Waals surface area contributed by atoms with Crippen LogP contribution in [0, 0.1) is 0 Å². The zero-order valence-electron chi connectivity index (χ0n) is 16.5. The molecule has 156 valence electrons. The molecular formula is C22H23Cl2N5S. The number of rotatable bonds is 5. The van der Waals surface area contributed by atoms with Crippen LogP contribution < -0.4 is 5.32 Å². The maximum absolute atomic E-state index is 6.29. The minimum Gasteiger partial charge on any atom is -0.346 e. The van der Waals surface area contributed by atoms with Crippen LogP contribution in [-0.4, -0.2) is 50.9 Å². The molecule has 0 radical (unpaired) electrons. The molecule has 2 heterocycles. The van der Waals surface area contributed by atoms with Crippen LogP contribution in [0.2, 0.25) is 10.0 Å². The molecule has 0 amide bonds. The van der Waals surface area contributed by atoms with Gasteiger partial charge in [0.05, 0.1) is 6.54 Å². The first-order chi connectivity index (χ1) is 14.6. The lowest BCUT2D eigenvalue weighted by molar-refractivity contribution is 0.177. The number of hydrogen-bond donors (Lipinski definition) is 1. The summed E-state index contributed by atoms with van der Waals surface area (Å²) in [4.78, 5) is 4.59. The van der Waals surface area contributed by atoms with Crippen molar-refractivity contribution in [3.8, 4) is 0 Å². The first-order valence-corrected chi connectivity index (χ1v) is 11.0. The van der Waals surface area contributed by atoms with E-state index in [9.17, 15) is 0 Å². The molecule has 0 bridgehead atoms. The lowest BCUT2D eigenvalue weighted by Crippen LogP contribution is -2.49. The molecule has 0 unspecified atom stereocenters. The second-order valence-electron chi connectivity index (χ2n) is 7.27. The summed E-state index contributed by atoms with van der Waals surface area (Å²) in [5.74, 6) is 0.741. The smallest absolute Gasteiger partial charge is 0.174 e. The van der Waals surface area contributed by atoms with Gasteiger partial charge in [-0.25, -0.2) is 0 Å². The summed E-state index contributed by atoms with van der Waals surface area (Å²) in [6, 6.07) is 17.7. The highest BCUT2D eigenvalue weighted by Gasteiger charge is 2.20. The Balaban J connectivity index is 1.28. The Hall–Kier alpha value is -2.12. The fraction of sp³-hybridized carbons (Fsp3) is 0.273. The molecule has 0 aliphatic carbocycles. The number of nitrogens with one attached hydrogen (secondary N) is 1. The second kappa shape index (κ2) is 9.79. The molecule has 0 atom stereocenters. The normalized spacial score (nSPS) is 14.7. The SMILES string of the molecule is S=C(Nc1ccn(Cc2ccccc2Cl)n1)N1CCN(Cc2ccccc2Cl)CC1. The lowest BCUT2D eigenvalue weighted by Gasteiger charge is -2.36. The van der Waals surface area contributed by atoms with Gasteiger partial charge in [0.2, 0.25) is 0 Å². The van der Waals surface area contributed by atoms with E-state index >= 15 is 0 Å². The standard InChI is InChI=1S/C22H23Cl2N5S/c23-19-7-3-1-5-17(19)15-27-11-13-28(14-12-27)22(30)25-21-9-10-29(26-21)16-18-6-2-4-8-20(18)24/h1-10H,11-16H2,(H,25,26,30). The quantitative estimate of drug-likeness (QED) is 0.556. The van der Waals surface area contributed by atoms with Crippen LogP contribution in [0.5, 0.6) is 0 Å². The van der Waals surface area contributed by atoms with E-state index < -0.39 is 0 Å². The molecule has 2 aromatic carbocycles. The van der Waals surface area contributed by atoms with Crippen LogP contribution in [-0.2, 0) is 13.1 Å². The van der Waals surface area contributed by atoms with Gasteiger partial charge >= 0.3 is 0 Å². The van der Waals surface area contributed by atoms with Crippen molar-refractivity contribution in [2.45, 2.75) is 13.1 Å². The van der Waals surface area contributed by atoms with Crippen LogP contribution in [0.15, 0.2) is 60.8 Å². The number of aromatic nitrogens is 2. The summed E-state index contributed by atoms with van der Waals surface area (Å²) in [5.41, 5.74) is 2.20. The number of benzene rings is 2. The van der Waals surface area contributed by atoms with E-state index in [2.05, 4.69) is 26.3 Å². The van der Waals surface area contributed by atoms with Crippen LogP contribution in [0.3, 0.4) is 0 Å². The topological polar surface area (TPSA) is 36.3 Å². The van der Waals surface area contributed by atoms with Gasteiger partial charge in [-0.3, -0.25) is 9.58 Å². The highest BCUT2D eigenvalue weighted by atomic mass is 35.5. The minimum absolute atomic E-state index is 0.620. The number of thiocarbonyl (C=S) groups is 1. The van der Waals surface area contributed by atoms with E-state index in [0.717, 1.165) is 59.7 Å². The van der Waals surface area contributed by atoms with Crippen molar-refractivity contribution >= 4 is 46.4 Å². The van der Waals surface area contributed by atoms with E-state index in [4.69, 9.17) is 35.4 Å². The fourth-order valence-electron chi connectivity index (χ4n) is 3.48. The molecule has 1 aliphatic heterocycles. The van der Waals surface area contributed by atoms with Crippen LogP contribution >= 0.6 is 35.4 Å². The van der Waals surface area contributed by atoms with Crippen molar-refractivity contribution < 1.29 is 0 Å². The Morgan fingerprint density at radius 1 is 0.867 bits per heavy atom. The maximum atomic E-state index is 6.29. The summed E-state index contributed by atoms with van der Waals surface area (Å²) in [6.07, 6.45) is 1.93. The van der Waals surface area contributed by atoms with Crippen molar-refractivity contribution in [2.75, 3.05) is 31.5 Å². The van der Waals surface area contributed by atoms with Gasteiger partial charge in [-0.1, -0.05) is 59.6 Å². The molecule has 0 spiro atoms. The second-order valence-corrected chi connectivity index (χ2v) is 8.48. The van der Waals surface area contributed by atoms with Gasteiger partial charge < -0.3 is 10.2 Å². The Morgan fingerprint density at radius 2 is 1.47 bits per heavy atom. The Kier molecular flexibility index (Phi) is 6.89. The van der Waals surface area contributed by atoms with Gasteiger partial charge in [-0.15, -0.1) is 0 Å². The summed E-state index contributed by atoms with van der Waals surface area (Å²) >= 11 is 18.1. The van der Waals surface area contributed by atoms with Crippen LogP contribution in [0.25, 0.3) is 0 Å². The van der Waals surface area contributed by atoms with E-state index in [-0.39, 0.29) is 0 Å². The minimum atomic E-state index is 0.620. The molecule has 4 rings (SSSR count). The van der Waals surface area contributed by atoms with Gasteiger partial charge in [0.25, 0.3) is 0 Å². The number of piperazine rings is 1. The van der Waals surface area contributed by atoms with Crippen molar-refractivity contribution in [1.82, 2.24) is 19.6 Å². The predicted octanol–water partition coefficient (Wildman–Crippen LogP) is 4.75. The first kappa shape index (κ1) is 21.1. The predicted molar refractivity (Wildman–Crippen MR) is 127 cm³/mol. The molecule has 3 aromatic rings. The van der Waals surface area contributed by atoms with Gasteiger partial charge in [-0.2, -0.15) is 5.10 Å². The number of halogens is 2. The molecule has 1 saturated heterocycles. The monoisotopic (exact) mass is 459 g/mol. The third kappa shape index (κ3) is 5.32. The molecule has 30 heavy (non-hydrogen) atoms. The molecule has 1 fully saturated rings. The highest BCUT2D eigenvalue weighted by Crippen LogP contribution is 2.19. The van der Waals surface area contributed by atoms with Crippen molar-refractivity contribution in [2.24, 2.45) is 0 Å². The van der Waals surface area contributed by atoms with Crippen molar-refractivity contribution in [1.29, 1.82) is 0 Å². The molecule has 8 heteroatoms. The van der Waals surface area contributed by atoms with Crippen LogP contribution in [0.4, 0.5) is 5.82 Å². The largest absolute Gasteiger partial charge is 0.346 e. The average molecular weight is 460 g/mol. The molecule has 0 saturated carbocycles. The van der Waals surface area contributed by atoms with Gasteiger partial charge in [0.1, 0.15) is 0 Å². The van der Waals surface area contributed by atoms with E-state index in [1.165, 1.54) is 0 Å². The fourth-order valence-corrected chi connectivity index (χ4v) is 4.16. The Labute approximate surface area is 192 Å². The zero-order valence-corrected chi connectivity index (χ0v) is 18.8. The summed E-state index contributed by atoms with van der Waals surface area (Å²) in [6.45, 7) is 5.10. The summed E-state index contributed by atoms with van der Waals surface area (Å²) in [7, 11) is 0. The van der Waals surface area contributed by atoms with Crippen molar-refractivity contribution in [3.63, 3.8) is 0 Å². The molecular weight excluding hydrogens is 437 g/mol. The Morgan fingerprint density at radius 3 is 2.10 bits per heavy atom. The van der Waals surface area contributed by atoms with E-state index in [1.54, 1.807) is 0 Å². The third-order valence-electron chi connectivity index (χ3n) is 5.18. The number of anilines is 1. The average Bonchev–Trinajstić information content (AvgIpc) is 3.19. The molecule has 1 aromatic heterocycles. The van der Waals surface area contributed by atoms with E-state index in [1.807, 2.05) is 59.4 Å². The maximum Gasteiger partial charge on any atom is 0.174 e. The third-order valence-corrected chi connectivity index (χ3v) is 6.27. The zero-order chi connectivity index (χ0) is 20.9. The van der Waals surface area contributed by atoms with Gasteiger partial charge in [0.15, 0.2) is 10.9 Å². The van der Waals surface area contributed by atoms with Crippen LogP contribution in [0.1, 0.15) is 11.1 Å². The molecule has 5 nitrogen and oxygen atoms in total. The first-order valence-electron chi connectivity index (χ1n) is 9.87. The summed E-state index contributed by atoms with van der Waals surface area (Å²) < 4.78 is 1.85. The van der Waals surface area contributed by atoms with Crippen molar-refractivity contribution in [3.05, 3.63) is 82.0 Å². The molecule has 1 N–H and O–H groups in total. The Bertz CT molecular complexity index is 1010.